The van der Waals surface area contributed by atoms with E-state index in [4.69, 9.17) is 0 Å². The largest absolute Gasteiger partial charge is 0.335 e. The first-order valence-electron chi connectivity index (χ1n) is 15.6. The fourth-order valence-corrected chi connectivity index (χ4v) is 8.31. The van der Waals surface area contributed by atoms with E-state index >= 15 is 0 Å². The smallest absolute Gasteiger partial charge is 0.0574 e. The van der Waals surface area contributed by atoms with Crippen molar-refractivity contribution in [2.24, 2.45) is 0 Å². The predicted octanol–water partition coefficient (Wildman–Crippen LogP) is 11.3. The zero-order valence-electron chi connectivity index (χ0n) is 24.6. The summed E-state index contributed by atoms with van der Waals surface area (Å²) in [4.78, 5) is 0. The molecule has 1 nitrogen and oxygen atoms in total. The number of aromatic nitrogens is 1. The first-order valence-corrected chi connectivity index (χ1v) is 15.6. The molecule has 9 aromatic rings. The minimum atomic E-state index is 0.815. The Morgan fingerprint density at radius 2 is 1.18 bits per heavy atom. The maximum Gasteiger partial charge on any atom is 0.0574 e. The van der Waals surface area contributed by atoms with Crippen LogP contribution in [-0.4, -0.2) is 4.57 Å². The van der Waals surface area contributed by atoms with Gasteiger partial charge in [0.2, 0.25) is 0 Å². The fraction of sp³-hybridized carbons (Fsp3) is 0.0698. The van der Waals surface area contributed by atoms with Gasteiger partial charge in [-0.15, -0.1) is 0 Å². The zero-order chi connectivity index (χ0) is 28.9. The molecule has 44 heavy (non-hydrogen) atoms. The highest BCUT2D eigenvalue weighted by Gasteiger charge is 2.28. The molecule has 0 N–H and O–H groups in total. The summed E-state index contributed by atoms with van der Waals surface area (Å²) in [5.41, 5.74) is 11.1. The van der Waals surface area contributed by atoms with Crippen molar-refractivity contribution < 1.29 is 0 Å². The van der Waals surface area contributed by atoms with Gasteiger partial charge in [0.25, 0.3) is 0 Å². The third-order valence-corrected chi connectivity index (χ3v) is 10.1. The number of benzene rings is 8. The van der Waals surface area contributed by atoms with Crippen LogP contribution in [-0.2, 0) is 13.0 Å². The number of fused-ring (bicyclic) bond motifs is 15. The van der Waals surface area contributed by atoms with Crippen LogP contribution >= 0.6 is 0 Å². The summed E-state index contributed by atoms with van der Waals surface area (Å²) in [6.45, 7) is 3.08. The van der Waals surface area contributed by atoms with Gasteiger partial charge in [0, 0.05) is 29.1 Å². The molecule has 206 valence electrons. The average molecular weight is 560 g/mol. The second-order valence-corrected chi connectivity index (χ2v) is 12.5. The molecule has 1 heteroatoms. The minimum Gasteiger partial charge on any atom is -0.335 e. The van der Waals surface area contributed by atoms with E-state index in [1.54, 1.807) is 0 Å². The van der Waals surface area contributed by atoms with Crippen molar-refractivity contribution in [3.8, 4) is 11.1 Å². The molecule has 0 atom stereocenters. The van der Waals surface area contributed by atoms with Gasteiger partial charge in [0.15, 0.2) is 0 Å². The van der Waals surface area contributed by atoms with Crippen LogP contribution in [0.2, 0.25) is 0 Å². The monoisotopic (exact) mass is 559 g/mol. The Balaban J connectivity index is 1.36. The van der Waals surface area contributed by atoms with E-state index in [9.17, 15) is 0 Å². The number of hydrogen-bond donors (Lipinski definition) is 0. The predicted molar refractivity (Wildman–Crippen MR) is 188 cm³/mol. The Morgan fingerprint density at radius 3 is 2.02 bits per heavy atom. The number of aryl methyl sites for hydroxylation is 1. The molecule has 1 aromatic heterocycles. The molecule has 0 radical (unpaired) electrons. The van der Waals surface area contributed by atoms with Crippen LogP contribution in [0.1, 0.15) is 22.3 Å². The molecule has 0 fully saturated rings. The molecule has 10 rings (SSSR count). The first-order chi connectivity index (χ1) is 21.7. The molecule has 1 aliphatic carbocycles. The van der Waals surface area contributed by atoms with Crippen molar-refractivity contribution in [3.63, 3.8) is 0 Å². The topological polar surface area (TPSA) is 4.93 Å². The van der Waals surface area contributed by atoms with Crippen LogP contribution in [0.4, 0.5) is 0 Å². The number of nitrogens with zero attached hydrogens (tertiary/aromatic N) is 1. The van der Waals surface area contributed by atoms with Crippen LogP contribution in [0.5, 0.6) is 0 Å². The number of hydrogen-bond acceptors (Lipinski definition) is 0. The van der Waals surface area contributed by atoms with Crippen LogP contribution in [0.3, 0.4) is 0 Å². The van der Waals surface area contributed by atoms with E-state index in [2.05, 4.69) is 145 Å². The highest BCUT2D eigenvalue weighted by molar-refractivity contribution is 6.29. The van der Waals surface area contributed by atoms with E-state index in [1.165, 1.54) is 98.3 Å². The number of rotatable bonds is 2. The van der Waals surface area contributed by atoms with Crippen molar-refractivity contribution >= 4 is 64.9 Å². The summed E-state index contributed by atoms with van der Waals surface area (Å²) in [6, 6.07) is 49.9. The molecule has 0 spiro atoms. The summed E-state index contributed by atoms with van der Waals surface area (Å²) < 4.78 is 2.66. The van der Waals surface area contributed by atoms with Crippen molar-refractivity contribution in [1.29, 1.82) is 0 Å². The van der Waals surface area contributed by atoms with Crippen LogP contribution in [0, 0.1) is 6.92 Å². The summed E-state index contributed by atoms with van der Waals surface area (Å²) >= 11 is 0. The van der Waals surface area contributed by atoms with Crippen molar-refractivity contribution in [2.75, 3.05) is 0 Å². The lowest BCUT2D eigenvalue weighted by atomic mass is 9.93. The Bertz CT molecular complexity index is 2670. The Labute approximate surface area is 255 Å². The van der Waals surface area contributed by atoms with Crippen LogP contribution in [0.15, 0.2) is 133 Å². The molecule has 0 aliphatic heterocycles. The average Bonchev–Trinajstić information content (AvgIpc) is 3.61. The highest BCUT2D eigenvalue weighted by Crippen LogP contribution is 2.49. The maximum atomic E-state index is 2.66. The lowest BCUT2D eigenvalue weighted by molar-refractivity contribution is 0.868. The van der Waals surface area contributed by atoms with E-state index in [-0.39, 0.29) is 0 Å². The fourth-order valence-electron chi connectivity index (χ4n) is 8.31. The molecule has 0 saturated carbocycles. The molecule has 0 amide bonds. The second kappa shape index (κ2) is 8.81. The summed E-state index contributed by atoms with van der Waals surface area (Å²) in [7, 11) is 0. The lowest BCUT2D eigenvalue weighted by Gasteiger charge is -2.16. The molecule has 1 heterocycles. The molecule has 1 aliphatic rings. The van der Waals surface area contributed by atoms with Crippen LogP contribution in [0.25, 0.3) is 76.0 Å². The van der Waals surface area contributed by atoms with Gasteiger partial charge in [-0.25, -0.2) is 0 Å². The molecule has 0 unspecified atom stereocenters. The minimum absolute atomic E-state index is 0.815. The molecule has 0 saturated heterocycles. The van der Waals surface area contributed by atoms with Crippen LogP contribution < -0.4 is 0 Å². The van der Waals surface area contributed by atoms with Crippen molar-refractivity contribution in [2.45, 2.75) is 19.9 Å². The standard InChI is InChI=1S/C43H29N/c1-26-22-27(23-38-31(26)20-18-28-10-2-5-13-32(28)38)25-44-42-34-15-7-3-11-29(34)19-21-37(42)41-36-17-9-8-16-35(36)40-33-14-6-4-12-30(33)24-39(40)43(41)44/h2-23H,24-25H2,1H3. The Hall–Kier alpha value is -5.40. The molecule has 0 bridgehead atoms. The van der Waals surface area contributed by atoms with E-state index in [0.29, 0.717) is 0 Å². The molecular formula is C43H29N. The Morgan fingerprint density at radius 1 is 0.523 bits per heavy atom. The van der Waals surface area contributed by atoms with E-state index in [0.717, 1.165) is 13.0 Å². The van der Waals surface area contributed by atoms with Gasteiger partial charge in [-0.05, 0) is 84.1 Å². The zero-order valence-corrected chi connectivity index (χ0v) is 24.6. The van der Waals surface area contributed by atoms with Gasteiger partial charge in [-0.2, -0.15) is 0 Å². The quantitative estimate of drug-likeness (QED) is 0.186. The van der Waals surface area contributed by atoms with Gasteiger partial charge in [-0.1, -0.05) is 127 Å². The van der Waals surface area contributed by atoms with Crippen molar-refractivity contribution in [1.82, 2.24) is 4.57 Å². The molecule has 8 aromatic carbocycles. The molecular weight excluding hydrogens is 530 g/mol. The third-order valence-electron chi connectivity index (χ3n) is 10.1. The Kier molecular flexibility index (Phi) is 4.82. The summed E-state index contributed by atoms with van der Waals surface area (Å²) in [5.74, 6) is 0. The normalized spacial score (nSPS) is 12.7. The summed E-state index contributed by atoms with van der Waals surface area (Å²) in [6.07, 6.45) is 0.961. The van der Waals surface area contributed by atoms with Gasteiger partial charge in [-0.3, -0.25) is 0 Å². The second-order valence-electron chi connectivity index (χ2n) is 12.5. The SMILES string of the molecule is Cc1cc(Cn2c3c4c(c5ccccc5c3c3ccc5ccccc5c32)-c2ccccc2C4)cc2c1ccc1ccccc12. The van der Waals surface area contributed by atoms with Crippen molar-refractivity contribution in [3.05, 3.63) is 156 Å². The van der Waals surface area contributed by atoms with E-state index in [1.807, 2.05) is 0 Å². The first kappa shape index (κ1) is 24.1. The van der Waals surface area contributed by atoms with Gasteiger partial charge in [0.1, 0.15) is 0 Å². The summed E-state index contributed by atoms with van der Waals surface area (Å²) in [5, 5.41) is 13.3. The maximum absolute atomic E-state index is 2.66. The highest BCUT2D eigenvalue weighted by atomic mass is 15.0. The van der Waals surface area contributed by atoms with Gasteiger partial charge < -0.3 is 4.57 Å². The third kappa shape index (κ3) is 3.19. The van der Waals surface area contributed by atoms with Gasteiger partial charge >= 0.3 is 0 Å². The van der Waals surface area contributed by atoms with E-state index < -0.39 is 0 Å². The van der Waals surface area contributed by atoms with Gasteiger partial charge in [0.05, 0.1) is 11.0 Å². The lowest BCUT2D eigenvalue weighted by Crippen LogP contribution is -2.03.